The van der Waals surface area contributed by atoms with E-state index < -0.39 is 0 Å². The van der Waals surface area contributed by atoms with Gasteiger partial charge in [-0.1, -0.05) is 29.3 Å². The van der Waals surface area contributed by atoms with Crippen LogP contribution < -0.4 is 10.5 Å². The van der Waals surface area contributed by atoms with E-state index in [-0.39, 0.29) is 6.04 Å². The van der Waals surface area contributed by atoms with Crippen LogP contribution in [0.4, 0.5) is 0 Å². The largest absolute Gasteiger partial charge is 0.496 e. The number of aryl methyl sites for hydroxylation is 1. The molecule has 2 rings (SSSR count). The van der Waals surface area contributed by atoms with E-state index in [9.17, 15) is 0 Å². The molecule has 1 aromatic carbocycles. The summed E-state index contributed by atoms with van der Waals surface area (Å²) >= 11 is 7.43. The summed E-state index contributed by atoms with van der Waals surface area (Å²) in [7, 11) is 1.66. The van der Waals surface area contributed by atoms with Crippen molar-refractivity contribution >= 4 is 22.9 Å². The van der Waals surface area contributed by atoms with Crippen LogP contribution in [0.1, 0.15) is 22.0 Å². The molecule has 2 nitrogen and oxygen atoms in total. The fourth-order valence-corrected chi connectivity index (χ4v) is 2.83. The molecular weight excluding hydrogens is 254 g/mol. The van der Waals surface area contributed by atoms with E-state index in [1.165, 1.54) is 16.9 Å². The molecule has 17 heavy (non-hydrogen) atoms. The van der Waals surface area contributed by atoms with E-state index in [0.29, 0.717) is 0 Å². The molecule has 0 spiro atoms. The zero-order valence-corrected chi connectivity index (χ0v) is 11.3. The number of thiophene rings is 1. The Morgan fingerprint density at radius 1 is 1.29 bits per heavy atom. The van der Waals surface area contributed by atoms with Crippen molar-refractivity contribution in [2.45, 2.75) is 13.0 Å². The van der Waals surface area contributed by atoms with Crippen molar-refractivity contribution in [3.63, 3.8) is 0 Å². The highest BCUT2D eigenvalue weighted by Crippen LogP contribution is 2.34. The van der Waals surface area contributed by atoms with Crippen molar-refractivity contribution in [3.8, 4) is 5.75 Å². The van der Waals surface area contributed by atoms with Gasteiger partial charge in [-0.25, -0.2) is 0 Å². The molecule has 0 aliphatic heterocycles. The van der Waals surface area contributed by atoms with Crippen molar-refractivity contribution in [2.24, 2.45) is 5.73 Å². The highest BCUT2D eigenvalue weighted by Gasteiger charge is 2.15. The molecule has 0 amide bonds. The maximum Gasteiger partial charge on any atom is 0.124 e. The summed E-state index contributed by atoms with van der Waals surface area (Å²) < 4.78 is 6.09. The average molecular weight is 268 g/mol. The van der Waals surface area contributed by atoms with Gasteiger partial charge in [-0.2, -0.15) is 0 Å². The third-order valence-electron chi connectivity index (χ3n) is 2.62. The molecule has 0 radical (unpaired) electrons. The molecule has 1 atom stereocenters. The summed E-state index contributed by atoms with van der Waals surface area (Å²) in [6.45, 7) is 2.04. The summed E-state index contributed by atoms with van der Waals surface area (Å²) in [5.41, 5.74) is 8.40. The maximum absolute atomic E-state index is 6.25. The van der Waals surface area contributed by atoms with Gasteiger partial charge in [0.05, 0.1) is 17.5 Å². The zero-order chi connectivity index (χ0) is 12.4. The first-order valence-corrected chi connectivity index (χ1v) is 6.46. The van der Waals surface area contributed by atoms with Crippen LogP contribution in [0.2, 0.25) is 4.34 Å². The van der Waals surface area contributed by atoms with Crippen LogP contribution in [0, 0.1) is 6.92 Å². The van der Waals surface area contributed by atoms with Crippen LogP contribution in [-0.2, 0) is 0 Å². The Balaban J connectivity index is 2.42. The van der Waals surface area contributed by atoms with Gasteiger partial charge < -0.3 is 10.5 Å². The molecule has 2 aromatic rings. The molecule has 0 fully saturated rings. The highest BCUT2D eigenvalue weighted by atomic mass is 35.5. The van der Waals surface area contributed by atoms with E-state index in [1.807, 2.05) is 31.2 Å². The molecule has 0 aliphatic carbocycles. The number of benzene rings is 1. The van der Waals surface area contributed by atoms with E-state index >= 15 is 0 Å². The van der Waals surface area contributed by atoms with Gasteiger partial charge in [0.25, 0.3) is 0 Å². The summed E-state index contributed by atoms with van der Waals surface area (Å²) in [6, 6.07) is 9.64. The van der Waals surface area contributed by atoms with Crippen molar-refractivity contribution in [1.82, 2.24) is 0 Å². The first kappa shape index (κ1) is 12.4. The monoisotopic (exact) mass is 267 g/mol. The molecule has 2 N–H and O–H groups in total. The van der Waals surface area contributed by atoms with Crippen LogP contribution in [0.3, 0.4) is 0 Å². The van der Waals surface area contributed by atoms with Crippen LogP contribution >= 0.6 is 22.9 Å². The second-order valence-corrected chi connectivity index (χ2v) is 5.61. The van der Waals surface area contributed by atoms with Gasteiger partial charge in [0.2, 0.25) is 0 Å². The number of hydrogen-bond donors (Lipinski definition) is 1. The number of methoxy groups -OCH3 is 1. The Morgan fingerprint density at radius 3 is 2.65 bits per heavy atom. The first-order valence-electron chi connectivity index (χ1n) is 5.27. The standard InChI is InChI=1S/C13H14ClNOS/c1-8-3-4-10(16-2)9(7-8)13(15)11-5-6-12(14)17-11/h3-7,13H,15H2,1-2H3. The minimum Gasteiger partial charge on any atom is -0.496 e. The predicted octanol–water partition coefficient (Wildman–Crippen LogP) is 3.77. The molecule has 0 saturated carbocycles. The van der Waals surface area contributed by atoms with Gasteiger partial charge in [0, 0.05) is 10.4 Å². The second kappa shape index (κ2) is 5.08. The van der Waals surface area contributed by atoms with Gasteiger partial charge in [-0.15, -0.1) is 11.3 Å². The van der Waals surface area contributed by atoms with Gasteiger partial charge in [-0.3, -0.25) is 0 Å². The van der Waals surface area contributed by atoms with Crippen molar-refractivity contribution in [2.75, 3.05) is 7.11 Å². The van der Waals surface area contributed by atoms with Gasteiger partial charge in [0.15, 0.2) is 0 Å². The Morgan fingerprint density at radius 2 is 2.06 bits per heavy atom. The summed E-state index contributed by atoms with van der Waals surface area (Å²) in [5, 5.41) is 0. The number of hydrogen-bond acceptors (Lipinski definition) is 3. The van der Waals surface area contributed by atoms with Crippen LogP contribution in [-0.4, -0.2) is 7.11 Å². The summed E-state index contributed by atoms with van der Waals surface area (Å²) in [5.74, 6) is 0.813. The van der Waals surface area contributed by atoms with Gasteiger partial charge in [0.1, 0.15) is 5.75 Å². The quantitative estimate of drug-likeness (QED) is 0.919. The lowest BCUT2D eigenvalue weighted by molar-refractivity contribution is 0.408. The molecule has 1 aromatic heterocycles. The Bertz CT molecular complexity index is 524. The molecule has 0 bridgehead atoms. The average Bonchev–Trinajstić information content (AvgIpc) is 2.75. The van der Waals surface area contributed by atoms with Crippen LogP contribution in [0.15, 0.2) is 30.3 Å². The fourth-order valence-electron chi connectivity index (χ4n) is 1.75. The topological polar surface area (TPSA) is 35.2 Å². The lowest BCUT2D eigenvalue weighted by Gasteiger charge is -2.15. The van der Waals surface area contributed by atoms with E-state index in [0.717, 1.165) is 20.5 Å². The summed E-state index contributed by atoms with van der Waals surface area (Å²) in [6.07, 6.45) is 0. The zero-order valence-electron chi connectivity index (χ0n) is 9.74. The normalized spacial score (nSPS) is 12.5. The number of halogens is 1. The Kier molecular flexibility index (Phi) is 3.72. The molecule has 0 saturated heterocycles. The molecule has 1 unspecified atom stereocenters. The molecule has 4 heteroatoms. The van der Waals surface area contributed by atoms with Gasteiger partial charge in [-0.05, 0) is 25.1 Å². The van der Waals surface area contributed by atoms with E-state index in [2.05, 4.69) is 6.07 Å². The smallest absolute Gasteiger partial charge is 0.124 e. The third kappa shape index (κ3) is 2.63. The van der Waals surface area contributed by atoms with Crippen molar-refractivity contribution in [3.05, 3.63) is 50.7 Å². The molecular formula is C13H14ClNOS. The van der Waals surface area contributed by atoms with Crippen LogP contribution in [0.5, 0.6) is 5.75 Å². The highest BCUT2D eigenvalue weighted by molar-refractivity contribution is 7.16. The van der Waals surface area contributed by atoms with Crippen LogP contribution in [0.25, 0.3) is 0 Å². The minimum absolute atomic E-state index is 0.192. The lowest BCUT2D eigenvalue weighted by atomic mass is 10.0. The number of ether oxygens (including phenoxy) is 1. The second-order valence-electron chi connectivity index (χ2n) is 3.86. The predicted molar refractivity (Wildman–Crippen MR) is 73.1 cm³/mol. The Hall–Kier alpha value is -1.03. The molecule has 0 aliphatic rings. The van der Waals surface area contributed by atoms with Gasteiger partial charge >= 0.3 is 0 Å². The number of nitrogens with two attached hydrogens (primary N) is 1. The van der Waals surface area contributed by atoms with E-state index in [1.54, 1.807) is 7.11 Å². The SMILES string of the molecule is COc1ccc(C)cc1C(N)c1ccc(Cl)s1. The maximum atomic E-state index is 6.25. The minimum atomic E-state index is -0.192. The Labute approximate surface area is 110 Å². The first-order chi connectivity index (χ1) is 8.11. The lowest BCUT2D eigenvalue weighted by Crippen LogP contribution is -2.11. The van der Waals surface area contributed by atoms with Crippen molar-refractivity contribution < 1.29 is 4.74 Å². The van der Waals surface area contributed by atoms with E-state index in [4.69, 9.17) is 22.1 Å². The fraction of sp³-hybridized carbons (Fsp3) is 0.231. The summed E-state index contributed by atoms with van der Waals surface area (Å²) in [4.78, 5) is 1.04. The molecule has 90 valence electrons. The van der Waals surface area contributed by atoms with Crippen molar-refractivity contribution in [1.29, 1.82) is 0 Å². The molecule has 1 heterocycles. The third-order valence-corrected chi connectivity index (χ3v) is 3.94. The number of rotatable bonds is 3.